The second kappa shape index (κ2) is 7.10. The number of carbonyl (C=O) groups excluding carboxylic acids is 1. The van der Waals surface area contributed by atoms with Gasteiger partial charge in [-0.05, 0) is 5.92 Å². The van der Waals surface area contributed by atoms with Crippen LogP contribution in [0.15, 0.2) is 0 Å². The van der Waals surface area contributed by atoms with Crippen LogP contribution in [-0.2, 0) is 9.53 Å². The summed E-state index contributed by atoms with van der Waals surface area (Å²) < 4.78 is 5.10. The first-order chi connectivity index (χ1) is 9.41. The SMILES string of the molecule is CC(C)CN(CCC#N)C(=O)NC1(C(=O)O)CCOC1. The number of hydrogen-bond donors (Lipinski definition) is 2. The van der Waals surface area contributed by atoms with Gasteiger partial charge < -0.3 is 20.1 Å². The van der Waals surface area contributed by atoms with Crippen molar-refractivity contribution in [3.8, 4) is 6.07 Å². The van der Waals surface area contributed by atoms with Gasteiger partial charge in [0, 0.05) is 26.1 Å². The van der Waals surface area contributed by atoms with Crippen LogP contribution in [0.5, 0.6) is 0 Å². The van der Waals surface area contributed by atoms with E-state index < -0.39 is 17.5 Å². The molecule has 1 saturated heterocycles. The number of nitriles is 1. The third-order valence-corrected chi connectivity index (χ3v) is 3.14. The molecular formula is C13H21N3O4. The zero-order valence-electron chi connectivity index (χ0n) is 11.9. The first kappa shape index (κ1) is 16.2. The van der Waals surface area contributed by atoms with E-state index >= 15 is 0 Å². The predicted octanol–water partition coefficient (Wildman–Crippen LogP) is 0.811. The van der Waals surface area contributed by atoms with Crippen molar-refractivity contribution < 1.29 is 19.4 Å². The van der Waals surface area contributed by atoms with Crippen molar-refractivity contribution in [2.45, 2.75) is 32.2 Å². The number of hydrogen-bond acceptors (Lipinski definition) is 4. The molecular weight excluding hydrogens is 262 g/mol. The molecule has 2 amide bonds. The maximum absolute atomic E-state index is 12.2. The largest absolute Gasteiger partial charge is 0.479 e. The first-order valence-corrected chi connectivity index (χ1v) is 6.66. The fourth-order valence-electron chi connectivity index (χ4n) is 2.07. The predicted molar refractivity (Wildman–Crippen MR) is 71.0 cm³/mol. The molecule has 1 aliphatic rings. The first-order valence-electron chi connectivity index (χ1n) is 6.66. The van der Waals surface area contributed by atoms with Crippen LogP contribution in [0.4, 0.5) is 4.79 Å². The van der Waals surface area contributed by atoms with Crippen LogP contribution >= 0.6 is 0 Å². The summed E-state index contributed by atoms with van der Waals surface area (Å²) in [7, 11) is 0. The maximum atomic E-state index is 12.2. The average molecular weight is 283 g/mol. The van der Waals surface area contributed by atoms with Crippen LogP contribution in [0.3, 0.4) is 0 Å². The number of carbonyl (C=O) groups is 2. The lowest BCUT2D eigenvalue weighted by molar-refractivity contribution is -0.144. The van der Waals surface area contributed by atoms with Crippen molar-refractivity contribution in [2.24, 2.45) is 5.92 Å². The summed E-state index contributed by atoms with van der Waals surface area (Å²) >= 11 is 0. The van der Waals surface area contributed by atoms with Gasteiger partial charge >= 0.3 is 12.0 Å². The van der Waals surface area contributed by atoms with Gasteiger partial charge in [0.05, 0.1) is 19.1 Å². The molecule has 1 aliphatic heterocycles. The van der Waals surface area contributed by atoms with Gasteiger partial charge in [-0.25, -0.2) is 9.59 Å². The molecule has 1 heterocycles. The Bertz CT molecular complexity index is 397. The van der Waals surface area contributed by atoms with E-state index in [2.05, 4.69) is 5.32 Å². The van der Waals surface area contributed by atoms with Crippen molar-refractivity contribution >= 4 is 12.0 Å². The van der Waals surface area contributed by atoms with Crippen molar-refractivity contribution in [3.05, 3.63) is 0 Å². The zero-order valence-corrected chi connectivity index (χ0v) is 11.9. The Morgan fingerprint density at radius 3 is 2.70 bits per heavy atom. The molecule has 1 atom stereocenters. The van der Waals surface area contributed by atoms with Crippen LogP contribution in [0, 0.1) is 17.2 Å². The number of aliphatic carboxylic acids is 1. The molecule has 1 unspecified atom stereocenters. The Morgan fingerprint density at radius 2 is 2.25 bits per heavy atom. The Balaban J connectivity index is 2.73. The quantitative estimate of drug-likeness (QED) is 0.751. The smallest absolute Gasteiger partial charge is 0.332 e. The molecule has 2 N–H and O–H groups in total. The molecule has 0 radical (unpaired) electrons. The summed E-state index contributed by atoms with van der Waals surface area (Å²) in [6, 6.07) is 1.53. The molecule has 0 bridgehead atoms. The van der Waals surface area contributed by atoms with Gasteiger partial charge in [-0.15, -0.1) is 0 Å². The van der Waals surface area contributed by atoms with Gasteiger partial charge in [0.2, 0.25) is 0 Å². The molecule has 0 aromatic heterocycles. The molecule has 0 aromatic carbocycles. The second-order valence-corrected chi connectivity index (χ2v) is 5.37. The highest BCUT2D eigenvalue weighted by molar-refractivity contribution is 5.86. The summed E-state index contributed by atoms with van der Waals surface area (Å²) in [4.78, 5) is 25.1. The number of urea groups is 1. The molecule has 0 aromatic rings. The standard InChI is InChI=1S/C13H21N3O4/c1-10(2)8-16(6-3-5-14)12(19)15-13(11(17)18)4-7-20-9-13/h10H,3-4,6-9H2,1-2H3,(H,15,19)(H,17,18). The van der Waals surface area contributed by atoms with Crippen LogP contribution in [0.25, 0.3) is 0 Å². The number of nitrogens with one attached hydrogen (secondary N) is 1. The molecule has 0 spiro atoms. The van der Waals surface area contributed by atoms with E-state index in [0.29, 0.717) is 13.2 Å². The molecule has 7 heteroatoms. The van der Waals surface area contributed by atoms with E-state index in [4.69, 9.17) is 10.00 Å². The summed E-state index contributed by atoms with van der Waals surface area (Å²) in [6.07, 6.45) is 0.471. The number of rotatable bonds is 6. The van der Waals surface area contributed by atoms with Crippen LogP contribution < -0.4 is 5.32 Å². The summed E-state index contributed by atoms with van der Waals surface area (Å²) in [6.45, 7) is 4.97. The van der Waals surface area contributed by atoms with Crippen molar-refractivity contribution in [3.63, 3.8) is 0 Å². The lowest BCUT2D eigenvalue weighted by atomic mass is 9.99. The van der Waals surface area contributed by atoms with Crippen molar-refractivity contribution in [2.75, 3.05) is 26.3 Å². The minimum absolute atomic E-state index is 0.0260. The van der Waals surface area contributed by atoms with Gasteiger partial charge in [-0.2, -0.15) is 5.26 Å². The van der Waals surface area contributed by atoms with Crippen LogP contribution in [0.1, 0.15) is 26.7 Å². The number of ether oxygens (including phenoxy) is 1. The van der Waals surface area contributed by atoms with Gasteiger partial charge in [-0.3, -0.25) is 0 Å². The van der Waals surface area contributed by atoms with Crippen molar-refractivity contribution in [1.29, 1.82) is 5.26 Å². The van der Waals surface area contributed by atoms with Gasteiger partial charge in [0.25, 0.3) is 0 Å². The van der Waals surface area contributed by atoms with Crippen LogP contribution in [0.2, 0.25) is 0 Å². The Morgan fingerprint density at radius 1 is 1.55 bits per heavy atom. The zero-order chi connectivity index (χ0) is 15.2. The Kier molecular flexibility index (Phi) is 5.77. The van der Waals surface area contributed by atoms with E-state index in [9.17, 15) is 14.7 Å². The Labute approximate surface area is 118 Å². The minimum Gasteiger partial charge on any atom is -0.479 e. The van der Waals surface area contributed by atoms with Crippen LogP contribution in [-0.4, -0.2) is 53.8 Å². The number of carboxylic acid groups (broad SMARTS) is 1. The molecule has 20 heavy (non-hydrogen) atoms. The topological polar surface area (TPSA) is 103 Å². The second-order valence-electron chi connectivity index (χ2n) is 5.37. The number of amides is 2. The van der Waals surface area contributed by atoms with E-state index in [-0.39, 0.29) is 31.9 Å². The molecule has 7 nitrogen and oxygen atoms in total. The maximum Gasteiger partial charge on any atom is 0.332 e. The minimum atomic E-state index is -1.35. The monoisotopic (exact) mass is 283 g/mol. The van der Waals surface area contributed by atoms with Gasteiger partial charge in [-0.1, -0.05) is 13.8 Å². The highest BCUT2D eigenvalue weighted by Gasteiger charge is 2.44. The fraction of sp³-hybridized carbons (Fsp3) is 0.769. The van der Waals surface area contributed by atoms with Crippen molar-refractivity contribution in [1.82, 2.24) is 10.2 Å². The normalized spacial score (nSPS) is 21.5. The molecule has 0 aliphatic carbocycles. The third kappa shape index (κ3) is 4.10. The fourth-order valence-corrected chi connectivity index (χ4v) is 2.07. The van der Waals surface area contributed by atoms with E-state index in [1.54, 1.807) is 0 Å². The highest BCUT2D eigenvalue weighted by atomic mass is 16.5. The number of nitrogens with zero attached hydrogens (tertiary/aromatic N) is 2. The summed E-state index contributed by atoms with van der Waals surface area (Å²) in [5, 5.41) is 20.5. The Hall–Kier alpha value is -1.81. The lowest BCUT2D eigenvalue weighted by Gasteiger charge is -2.30. The van der Waals surface area contributed by atoms with E-state index in [1.807, 2.05) is 19.9 Å². The highest BCUT2D eigenvalue weighted by Crippen LogP contribution is 2.19. The third-order valence-electron chi connectivity index (χ3n) is 3.14. The molecule has 0 saturated carbocycles. The van der Waals surface area contributed by atoms with E-state index in [0.717, 1.165) is 0 Å². The summed E-state index contributed by atoms with van der Waals surface area (Å²) in [5.74, 6) is -0.854. The lowest BCUT2D eigenvalue weighted by Crippen LogP contribution is -2.58. The molecule has 112 valence electrons. The molecule has 1 rings (SSSR count). The summed E-state index contributed by atoms with van der Waals surface area (Å²) in [5.41, 5.74) is -1.35. The average Bonchev–Trinajstić information content (AvgIpc) is 2.83. The van der Waals surface area contributed by atoms with Gasteiger partial charge in [0.1, 0.15) is 0 Å². The number of carboxylic acids is 1. The molecule has 1 fully saturated rings. The van der Waals surface area contributed by atoms with E-state index in [1.165, 1.54) is 4.90 Å². The van der Waals surface area contributed by atoms with Gasteiger partial charge in [0.15, 0.2) is 5.54 Å².